The van der Waals surface area contributed by atoms with Crippen molar-refractivity contribution in [1.29, 1.82) is 10.5 Å². The van der Waals surface area contributed by atoms with Crippen molar-refractivity contribution in [3.8, 4) is 23.3 Å². The van der Waals surface area contributed by atoms with Crippen LogP contribution in [0.25, 0.3) is 11.1 Å². The van der Waals surface area contributed by atoms with Crippen LogP contribution in [0.1, 0.15) is 34.1 Å². The van der Waals surface area contributed by atoms with Gasteiger partial charge in [-0.1, -0.05) is 36.4 Å². The number of hydrogen-bond acceptors (Lipinski definition) is 2. The van der Waals surface area contributed by atoms with Crippen LogP contribution in [0, 0.1) is 22.7 Å². The first-order valence-electron chi connectivity index (χ1n) is 6.86. The van der Waals surface area contributed by atoms with Crippen LogP contribution in [0.2, 0.25) is 0 Å². The Kier molecular flexibility index (Phi) is 2.23. The summed E-state index contributed by atoms with van der Waals surface area (Å²) in [7, 11) is 0. The molecule has 2 aliphatic rings. The van der Waals surface area contributed by atoms with E-state index in [4.69, 9.17) is 0 Å². The van der Waals surface area contributed by atoms with E-state index in [0.29, 0.717) is 0 Å². The highest BCUT2D eigenvalue weighted by atomic mass is 14.4. The number of hydrogen-bond donors (Lipinski definition) is 0. The quantitative estimate of drug-likeness (QED) is 0.721. The van der Waals surface area contributed by atoms with Gasteiger partial charge < -0.3 is 0 Å². The summed E-state index contributed by atoms with van der Waals surface area (Å²) >= 11 is 0. The van der Waals surface area contributed by atoms with Crippen LogP contribution < -0.4 is 0 Å². The highest BCUT2D eigenvalue weighted by molar-refractivity contribution is 5.83. The van der Waals surface area contributed by atoms with E-state index in [2.05, 4.69) is 36.4 Å². The van der Waals surface area contributed by atoms with Gasteiger partial charge in [-0.15, -0.1) is 0 Å². The standard InChI is InChI=1S/C18H12N2/c19-9-13-8-12-4-2-6-16-14(10-20)7-11-3-1-5-15(13)17(11)18(12)16/h1-6,13-14H,7-8H2. The van der Waals surface area contributed by atoms with Gasteiger partial charge in [-0.2, -0.15) is 10.5 Å². The first kappa shape index (κ1) is 11.3. The summed E-state index contributed by atoms with van der Waals surface area (Å²) in [5, 5.41) is 18.9. The molecule has 0 amide bonds. The summed E-state index contributed by atoms with van der Waals surface area (Å²) in [4.78, 5) is 0. The van der Waals surface area contributed by atoms with Crippen molar-refractivity contribution >= 4 is 0 Å². The Labute approximate surface area is 117 Å². The zero-order valence-electron chi connectivity index (χ0n) is 10.9. The fourth-order valence-corrected chi connectivity index (χ4v) is 3.66. The minimum Gasteiger partial charge on any atom is -0.198 e. The van der Waals surface area contributed by atoms with Crippen molar-refractivity contribution in [2.75, 3.05) is 0 Å². The van der Waals surface area contributed by atoms with E-state index in [9.17, 15) is 10.5 Å². The molecule has 0 N–H and O–H groups in total. The Morgan fingerprint density at radius 1 is 0.750 bits per heavy atom. The number of benzene rings is 2. The maximum Gasteiger partial charge on any atom is 0.0759 e. The van der Waals surface area contributed by atoms with Gasteiger partial charge >= 0.3 is 0 Å². The molecule has 2 aromatic carbocycles. The molecule has 4 rings (SSSR count). The SMILES string of the molecule is N#CC1Cc2cccc3c2-c2c(cccc21)CC3C#N. The minimum absolute atomic E-state index is 0.0636. The molecule has 2 unspecified atom stereocenters. The smallest absolute Gasteiger partial charge is 0.0759 e. The van der Waals surface area contributed by atoms with Crippen LogP contribution in [0.5, 0.6) is 0 Å². The second kappa shape index (κ2) is 3.95. The highest BCUT2D eigenvalue weighted by Crippen LogP contribution is 2.48. The van der Waals surface area contributed by atoms with Gasteiger partial charge in [-0.05, 0) is 46.2 Å². The van der Waals surface area contributed by atoms with Crippen molar-refractivity contribution in [2.45, 2.75) is 24.7 Å². The second-order valence-corrected chi connectivity index (χ2v) is 5.53. The molecule has 0 fully saturated rings. The molecule has 0 aliphatic heterocycles. The average Bonchev–Trinajstić information content (AvgIpc) is 2.51. The monoisotopic (exact) mass is 256 g/mol. The van der Waals surface area contributed by atoms with E-state index in [1.54, 1.807) is 0 Å². The van der Waals surface area contributed by atoms with Gasteiger partial charge in [-0.25, -0.2) is 0 Å². The maximum absolute atomic E-state index is 9.44. The fourth-order valence-electron chi connectivity index (χ4n) is 3.66. The third kappa shape index (κ3) is 1.31. The lowest BCUT2D eigenvalue weighted by Gasteiger charge is -2.33. The van der Waals surface area contributed by atoms with Gasteiger partial charge in [-0.3, -0.25) is 0 Å². The maximum atomic E-state index is 9.44. The van der Waals surface area contributed by atoms with Gasteiger partial charge in [0.15, 0.2) is 0 Å². The van der Waals surface area contributed by atoms with Crippen molar-refractivity contribution in [3.05, 3.63) is 58.7 Å². The Morgan fingerprint density at radius 3 is 1.60 bits per heavy atom. The summed E-state index contributed by atoms with van der Waals surface area (Å²) in [5.74, 6) is -0.127. The van der Waals surface area contributed by atoms with E-state index in [0.717, 1.165) is 24.0 Å². The largest absolute Gasteiger partial charge is 0.198 e. The molecule has 2 aliphatic carbocycles. The molecule has 20 heavy (non-hydrogen) atoms. The lowest BCUT2D eigenvalue weighted by Crippen LogP contribution is -2.19. The van der Waals surface area contributed by atoms with Crippen molar-refractivity contribution in [2.24, 2.45) is 0 Å². The van der Waals surface area contributed by atoms with Crippen LogP contribution in [-0.2, 0) is 12.8 Å². The van der Waals surface area contributed by atoms with Crippen molar-refractivity contribution in [3.63, 3.8) is 0 Å². The van der Waals surface area contributed by atoms with Gasteiger partial charge in [0.2, 0.25) is 0 Å². The molecule has 0 saturated carbocycles. The van der Waals surface area contributed by atoms with Crippen molar-refractivity contribution < 1.29 is 0 Å². The fraction of sp³-hybridized carbons (Fsp3) is 0.222. The van der Waals surface area contributed by atoms with Crippen LogP contribution >= 0.6 is 0 Å². The lowest BCUT2D eigenvalue weighted by atomic mass is 9.69. The van der Waals surface area contributed by atoms with Crippen LogP contribution in [0.3, 0.4) is 0 Å². The minimum atomic E-state index is -0.0636. The number of rotatable bonds is 0. The molecule has 0 heterocycles. The number of nitriles is 2. The Balaban J connectivity index is 2.11. The van der Waals surface area contributed by atoms with E-state index >= 15 is 0 Å². The summed E-state index contributed by atoms with van der Waals surface area (Å²) in [6.07, 6.45) is 1.52. The molecule has 0 radical (unpaired) electrons. The summed E-state index contributed by atoms with van der Waals surface area (Å²) in [6, 6.07) is 17.2. The van der Waals surface area contributed by atoms with Gasteiger partial charge in [0, 0.05) is 0 Å². The topological polar surface area (TPSA) is 47.6 Å². The lowest BCUT2D eigenvalue weighted by molar-refractivity contribution is 0.783. The third-order valence-corrected chi connectivity index (χ3v) is 4.53. The van der Waals surface area contributed by atoms with Crippen LogP contribution in [-0.4, -0.2) is 0 Å². The van der Waals surface area contributed by atoms with Crippen LogP contribution in [0.15, 0.2) is 36.4 Å². The molecule has 0 spiro atoms. The van der Waals surface area contributed by atoms with Crippen LogP contribution in [0.4, 0.5) is 0 Å². The zero-order valence-corrected chi connectivity index (χ0v) is 10.9. The average molecular weight is 256 g/mol. The molecule has 2 nitrogen and oxygen atoms in total. The third-order valence-electron chi connectivity index (χ3n) is 4.53. The van der Waals surface area contributed by atoms with E-state index < -0.39 is 0 Å². The summed E-state index contributed by atoms with van der Waals surface area (Å²) in [5.41, 5.74) is 7.16. The normalized spacial score (nSPS) is 21.5. The highest BCUT2D eigenvalue weighted by Gasteiger charge is 2.33. The Morgan fingerprint density at radius 2 is 1.20 bits per heavy atom. The predicted octanol–water partition coefficient (Wildman–Crippen LogP) is 3.68. The first-order valence-corrected chi connectivity index (χ1v) is 6.86. The Bertz CT molecular complexity index is 736. The molecule has 0 saturated heterocycles. The van der Waals surface area contributed by atoms with E-state index in [1.807, 2.05) is 12.1 Å². The molecule has 2 aromatic rings. The second-order valence-electron chi connectivity index (χ2n) is 5.53. The molecular weight excluding hydrogens is 244 g/mol. The van der Waals surface area contributed by atoms with Crippen molar-refractivity contribution in [1.82, 2.24) is 0 Å². The summed E-state index contributed by atoms with van der Waals surface area (Å²) < 4.78 is 0. The molecule has 0 bridgehead atoms. The molecular formula is C18H12N2. The summed E-state index contributed by atoms with van der Waals surface area (Å²) in [6.45, 7) is 0. The Hall–Kier alpha value is -2.58. The molecule has 94 valence electrons. The predicted molar refractivity (Wildman–Crippen MR) is 76.0 cm³/mol. The van der Waals surface area contributed by atoms with Gasteiger partial charge in [0.25, 0.3) is 0 Å². The first-order chi connectivity index (χ1) is 9.83. The molecule has 2 atom stereocenters. The van der Waals surface area contributed by atoms with Gasteiger partial charge in [0.05, 0.1) is 24.0 Å². The van der Waals surface area contributed by atoms with E-state index in [-0.39, 0.29) is 11.8 Å². The molecule has 0 aromatic heterocycles. The number of nitrogens with zero attached hydrogens (tertiary/aromatic N) is 2. The van der Waals surface area contributed by atoms with E-state index in [1.165, 1.54) is 22.3 Å². The van der Waals surface area contributed by atoms with Gasteiger partial charge in [0.1, 0.15) is 0 Å². The molecule has 2 heteroatoms. The zero-order chi connectivity index (χ0) is 13.7.